The number of nitrogens with zero attached hydrogens (tertiary/aromatic N) is 2. The lowest BCUT2D eigenvalue weighted by molar-refractivity contribution is -0.133. The summed E-state index contributed by atoms with van der Waals surface area (Å²) >= 11 is 0. The smallest absolute Gasteiger partial charge is 0.249 e. The summed E-state index contributed by atoms with van der Waals surface area (Å²) in [6.45, 7) is 0.630. The molecule has 2 aromatic rings. The molecule has 8 nitrogen and oxygen atoms in total. The van der Waals surface area contributed by atoms with Gasteiger partial charge in [0.25, 0.3) is 0 Å². The van der Waals surface area contributed by atoms with Crippen LogP contribution in [-0.2, 0) is 20.8 Å². The van der Waals surface area contributed by atoms with E-state index in [0.717, 1.165) is 49.9 Å². The Morgan fingerprint density at radius 1 is 1.09 bits per heavy atom. The number of H-pyrrole nitrogens is 1. The lowest BCUT2D eigenvalue weighted by Gasteiger charge is -2.33. The number of piperidine rings is 1. The van der Waals surface area contributed by atoms with Crippen molar-refractivity contribution in [2.24, 2.45) is 5.92 Å². The maximum atomic E-state index is 13.2. The van der Waals surface area contributed by atoms with Crippen molar-refractivity contribution in [1.82, 2.24) is 20.6 Å². The standard InChI is InChI=1S/C24H31N5O3/c30-22(17-8-3-1-4-9-17)28-21(14-18-15-25-16-26-18)23(31)27-20-12-7-13-29(24(20)32)19-10-5-2-6-11-19/h2,5-6,10-11,15-17,20-21H,1,3-4,7-9,12-14H2,(H,25,26)(H,27,31)(H,28,30)/t20-,21-/m1/s1. The molecule has 1 aromatic carbocycles. The summed E-state index contributed by atoms with van der Waals surface area (Å²) in [4.78, 5) is 47.9. The van der Waals surface area contributed by atoms with Crippen molar-refractivity contribution in [1.29, 1.82) is 0 Å². The molecule has 1 saturated carbocycles. The van der Waals surface area contributed by atoms with Crippen LogP contribution < -0.4 is 15.5 Å². The molecule has 2 atom stereocenters. The van der Waals surface area contributed by atoms with Gasteiger partial charge in [-0.1, -0.05) is 37.5 Å². The molecule has 0 bridgehead atoms. The average Bonchev–Trinajstić information content (AvgIpc) is 3.34. The van der Waals surface area contributed by atoms with Gasteiger partial charge in [-0.05, 0) is 37.8 Å². The molecule has 2 heterocycles. The number of rotatable bonds is 7. The number of amides is 3. The van der Waals surface area contributed by atoms with Gasteiger partial charge in [0.15, 0.2) is 0 Å². The van der Waals surface area contributed by atoms with E-state index in [4.69, 9.17) is 0 Å². The van der Waals surface area contributed by atoms with E-state index in [1.807, 2.05) is 30.3 Å². The highest BCUT2D eigenvalue weighted by Gasteiger charge is 2.34. The van der Waals surface area contributed by atoms with Crippen LogP contribution in [0.15, 0.2) is 42.9 Å². The van der Waals surface area contributed by atoms with Gasteiger partial charge in [-0.15, -0.1) is 0 Å². The van der Waals surface area contributed by atoms with Crippen molar-refractivity contribution in [3.63, 3.8) is 0 Å². The number of aromatic amines is 1. The van der Waals surface area contributed by atoms with Gasteiger partial charge in [-0.3, -0.25) is 14.4 Å². The molecule has 1 aliphatic heterocycles. The van der Waals surface area contributed by atoms with Crippen LogP contribution in [0.3, 0.4) is 0 Å². The molecule has 4 rings (SSSR count). The Kier molecular flexibility index (Phi) is 7.19. The molecule has 2 aliphatic rings. The maximum Gasteiger partial charge on any atom is 0.249 e. The van der Waals surface area contributed by atoms with Crippen LogP contribution in [0.25, 0.3) is 0 Å². The zero-order valence-corrected chi connectivity index (χ0v) is 18.3. The van der Waals surface area contributed by atoms with Gasteiger partial charge in [0.1, 0.15) is 12.1 Å². The van der Waals surface area contributed by atoms with Crippen LogP contribution in [0.5, 0.6) is 0 Å². The first-order valence-corrected chi connectivity index (χ1v) is 11.6. The molecule has 1 aromatic heterocycles. The van der Waals surface area contributed by atoms with E-state index in [1.165, 1.54) is 0 Å². The summed E-state index contributed by atoms with van der Waals surface area (Å²) in [5, 5.41) is 5.86. The number of hydrogen-bond acceptors (Lipinski definition) is 4. The van der Waals surface area contributed by atoms with Gasteiger partial charge in [0.05, 0.1) is 6.33 Å². The Labute approximate surface area is 188 Å². The maximum absolute atomic E-state index is 13.2. The molecule has 2 fully saturated rings. The molecule has 32 heavy (non-hydrogen) atoms. The molecule has 8 heteroatoms. The summed E-state index contributed by atoms with van der Waals surface area (Å²) in [6, 6.07) is 8.13. The Bertz CT molecular complexity index is 909. The third-order valence-corrected chi connectivity index (χ3v) is 6.41. The summed E-state index contributed by atoms with van der Waals surface area (Å²) in [5.74, 6) is -0.581. The molecular formula is C24H31N5O3. The minimum absolute atomic E-state index is 0.0503. The topological polar surface area (TPSA) is 107 Å². The van der Waals surface area contributed by atoms with E-state index in [0.29, 0.717) is 19.4 Å². The van der Waals surface area contributed by atoms with Crippen LogP contribution in [0.2, 0.25) is 0 Å². The number of hydrogen-bond donors (Lipinski definition) is 3. The van der Waals surface area contributed by atoms with Gasteiger partial charge in [-0.2, -0.15) is 0 Å². The number of benzene rings is 1. The van der Waals surface area contributed by atoms with Gasteiger partial charge in [0.2, 0.25) is 17.7 Å². The molecule has 1 saturated heterocycles. The third-order valence-electron chi connectivity index (χ3n) is 6.41. The van der Waals surface area contributed by atoms with E-state index in [-0.39, 0.29) is 23.6 Å². The summed E-state index contributed by atoms with van der Waals surface area (Å²) in [5.41, 5.74) is 1.59. The Morgan fingerprint density at radius 3 is 2.59 bits per heavy atom. The van der Waals surface area contributed by atoms with Crippen molar-refractivity contribution >= 4 is 23.4 Å². The van der Waals surface area contributed by atoms with Crippen LogP contribution in [-0.4, -0.2) is 46.3 Å². The number of aromatic nitrogens is 2. The van der Waals surface area contributed by atoms with Gasteiger partial charge in [-0.25, -0.2) is 4.98 Å². The number of carbonyl (C=O) groups is 3. The van der Waals surface area contributed by atoms with Gasteiger partial charge < -0.3 is 20.5 Å². The van der Waals surface area contributed by atoms with E-state index in [1.54, 1.807) is 17.4 Å². The van der Waals surface area contributed by atoms with E-state index >= 15 is 0 Å². The van der Waals surface area contributed by atoms with Crippen LogP contribution in [0.1, 0.15) is 50.6 Å². The highest BCUT2D eigenvalue weighted by Crippen LogP contribution is 2.24. The van der Waals surface area contributed by atoms with Gasteiger partial charge in [0, 0.05) is 36.5 Å². The molecule has 3 N–H and O–H groups in total. The largest absolute Gasteiger partial charge is 0.348 e. The van der Waals surface area contributed by atoms with Crippen LogP contribution in [0, 0.1) is 5.92 Å². The van der Waals surface area contributed by atoms with Crippen molar-refractivity contribution in [3.05, 3.63) is 48.5 Å². The number of imidazole rings is 1. The van der Waals surface area contributed by atoms with Gasteiger partial charge >= 0.3 is 0 Å². The second-order valence-corrected chi connectivity index (χ2v) is 8.71. The fraction of sp³-hybridized carbons (Fsp3) is 0.500. The van der Waals surface area contributed by atoms with E-state index in [2.05, 4.69) is 20.6 Å². The third kappa shape index (κ3) is 5.36. The summed E-state index contributed by atoms with van der Waals surface area (Å²) < 4.78 is 0. The monoisotopic (exact) mass is 437 g/mol. The minimum Gasteiger partial charge on any atom is -0.348 e. The first-order chi connectivity index (χ1) is 15.6. The fourth-order valence-corrected chi connectivity index (χ4v) is 4.63. The van der Waals surface area contributed by atoms with Crippen LogP contribution >= 0.6 is 0 Å². The quantitative estimate of drug-likeness (QED) is 0.618. The first kappa shape index (κ1) is 22.0. The van der Waals surface area contributed by atoms with Crippen molar-refractivity contribution in [3.8, 4) is 0 Å². The highest BCUT2D eigenvalue weighted by molar-refractivity contribution is 6.00. The average molecular weight is 438 g/mol. The molecular weight excluding hydrogens is 406 g/mol. The Balaban J connectivity index is 1.43. The molecule has 0 radical (unpaired) electrons. The lowest BCUT2D eigenvalue weighted by Crippen LogP contribution is -2.57. The van der Waals surface area contributed by atoms with Crippen LogP contribution in [0.4, 0.5) is 5.69 Å². The zero-order chi connectivity index (χ0) is 22.3. The van der Waals surface area contributed by atoms with E-state index in [9.17, 15) is 14.4 Å². The number of nitrogens with one attached hydrogen (secondary N) is 3. The van der Waals surface area contributed by atoms with Crippen molar-refractivity contribution in [2.75, 3.05) is 11.4 Å². The number of carbonyl (C=O) groups excluding carboxylic acids is 3. The van der Waals surface area contributed by atoms with E-state index < -0.39 is 12.1 Å². The predicted molar refractivity (Wildman–Crippen MR) is 121 cm³/mol. The van der Waals surface area contributed by atoms with Crippen molar-refractivity contribution < 1.29 is 14.4 Å². The normalized spacial score (nSPS) is 20.6. The first-order valence-electron chi connectivity index (χ1n) is 11.6. The molecule has 1 aliphatic carbocycles. The highest BCUT2D eigenvalue weighted by atomic mass is 16.2. The summed E-state index contributed by atoms with van der Waals surface area (Å²) in [7, 11) is 0. The second-order valence-electron chi connectivity index (χ2n) is 8.71. The zero-order valence-electron chi connectivity index (χ0n) is 18.3. The second kappa shape index (κ2) is 10.4. The predicted octanol–water partition coefficient (Wildman–Crippen LogP) is 2.33. The fourth-order valence-electron chi connectivity index (χ4n) is 4.63. The molecule has 3 amide bonds. The molecule has 0 unspecified atom stereocenters. The summed E-state index contributed by atoms with van der Waals surface area (Å²) in [6.07, 6.45) is 9.84. The molecule has 170 valence electrons. The number of anilines is 1. The minimum atomic E-state index is -0.759. The Hall–Kier alpha value is -3.16. The van der Waals surface area contributed by atoms with Crippen molar-refractivity contribution in [2.45, 2.75) is 63.5 Å². The lowest BCUT2D eigenvalue weighted by atomic mass is 9.88. The molecule has 0 spiro atoms. The SMILES string of the molecule is O=C(N[C@H](Cc1cnc[nH]1)C(=O)N[C@@H]1CCCN(c2ccccc2)C1=O)C1CCCCC1. The number of para-hydroxylation sites is 1. The Morgan fingerprint density at radius 2 is 1.88 bits per heavy atom.